The van der Waals surface area contributed by atoms with Crippen LogP contribution in [-0.4, -0.2) is 23.6 Å². The first-order valence-corrected chi connectivity index (χ1v) is 5.03. The van der Waals surface area contributed by atoms with Gasteiger partial charge in [-0.2, -0.15) is 0 Å². The van der Waals surface area contributed by atoms with Crippen LogP contribution in [0.25, 0.3) is 0 Å². The van der Waals surface area contributed by atoms with Crippen LogP contribution >= 0.6 is 11.6 Å². The number of hydrogen-bond acceptors (Lipinski definition) is 4. The summed E-state index contributed by atoms with van der Waals surface area (Å²) in [6, 6.07) is 1.06. The summed E-state index contributed by atoms with van der Waals surface area (Å²) >= 11 is 5.88. The van der Waals surface area contributed by atoms with Crippen LogP contribution in [0.2, 0.25) is 5.02 Å². The average Bonchev–Trinajstić information content (AvgIpc) is 2.21. The Labute approximate surface area is 93.4 Å². The molecule has 0 fully saturated rings. The van der Waals surface area contributed by atoms with Gasteiger partial charge in [-0.05, 0) is 25.0 Å². The third-order valence-corrected chi connectivity index (χ3v) is 2.23. The smallest absolute Gasteiger partial charge is 0.323 e. The molecule has 0 bridgehead atoms. The fourth-order valence-corrected chi connectivity index (χ4v) is 1.34. The number of esters is 1. The predicted molar refractivity (Wildman–Crippen MR) is 57.6 cm³/mol. The van der Waals surface area contributed by atoms with Crippen molar-refractivity contribution in [3.05, 3.63) is 29.0 Å². The zero-order valence-corrected chi connectivity index (χ0v) is 9.20. The Morgan fingerprint density at radius 3 is 3.07 bits per heavy atom. The molecule has 0 aromatic carbocycles. The van der Waals surface area contributed by atoms with E-state index >= 15 is 0 Å². The number of carbonyl (C=O) groups is 1. The van der Waals surface area contributed by atoms with Crippen LogP contribution in [0.4, 0.5) is 0 Å². The minimum Gasteiger partial charge on any atom is -0.465 e. The molecule has 15 heavy (non-hydrogen) atoms. The lowest BCUT2D eigenvalue weighted by molar-refractivity contribution is -0.144. The van der Waals surface area contributed by atoms with Gasteiger partial charge in [-0.1, -0.05) is 11.6 Å². The van der Waals surface area contributed by atoms with Crippen LogP contribution in [0, 0.1) is 0 Å². The Bertz CT molecular complexity index is 344. The molecule has 1 unspecified atom stereocenters. The van der Waals surface area contributed by atoms with E-state index in [2.05, 4.69) is 4.98 Å². The van der Waals surface area contributed by atoms with Crippen LogP contribution < -0.4 is 5.73 Å². The quantitative estimate of drug-likeness (QED) is 0.786. The van der Waals surface area contributed by atoms with Crippen LogP contribution in [0.3, 0.4) is 0 Å². The molecule has 4 nitrogen and oxygen atoms in total. The lowest BCUT2D eigenvalue weighted by atomic mass is 10.1. The highest BCUT2D eigenvalue weighted by molar-refractivity contribution is 6.31. The van der Waals surface area contributed by atoms with E-state index in [-0.39, 0.29) is 0 Å². The van der Waals surface area contributed by atoms with Gasteiger partial charge in [-0.3, -0.25) is 9.78 Å². The van der Waals surface area contributed by atoms with Gasteiger partial charge in [0, 0.05) is 12.4 Å². The third kappa shape index (κ3) is 3.49. The summed E-state index contributed by atoms with van der Waals surface area (Å²) in [5, 5.41) is 0.511. The van der Waals surface area contributed by atoms with Gasteiger partial charge in [0.25, 0.3) is 0 Å². The second-order valence-corrected chi connectivity index (χ2v) is 3.44. The molecule has 0 radical (unpaired) electrons. The van der Waals surface area contributed by atoms with Crippen molar-refractivity contribution >= 4 is 17.6 Å². The lowest BCUT2D eigenvalue weighted by Crippen LogP contribution is -2.34. The fourth-order valence-electron chi connectivity index (χ4n) is 1.14. The van der Waals surface area contributed by atoms with Gasteiger partial charge in [0.05, 0.1) is 11.6 Å². The first-order valence-electron chi connectivity index (χ1n) is 4.65. The highest BCUT2D eigenvalue weighted by atomic mass is 35.5. The number of pyridine rings is 1. The van der Waals surface area contributed by atoms with E-state index in [0.717, 1.165) is 5.56 Å². The molecule has 82 valence electrons. The number of ether oxygens (including phenoxy) is 1. The maximum atomic E-state index is 11.3. The molecular formula is C10H13ClN2O2. The Hall–Kier alpha value is -1.13. The minimum atomic E-state index is -0.676. The van der Waals surface area contributed by atoms with Crippen molar-refractivity contribution < 1.29 is 9.53 Å². The zero-order valence-electron chi connectivity index (χ0n) is 8.44. The second-order valence-electron chi connectivity index (χ2n) is 3.03. The van der Waals surface area contributed by atoms with Gasteiger partial charge in [0.2, 0.25) is 0 Å². The lowest BCUT2D eigenvalue weighted by Gasteiger charge is -2.10. The first kappa shape index (κ1) is 11.9. The van der Waals surface area contributed by atoms with E-state index < -0.39 is 12.0 Å². The van der Waals surface area contributed by atoms with E-state index in [4.69, 9.17) is 22.1 Å². The Kier molecular flexibility index (Phi) is 4.52. The molecule has 0 spiro atoms. The number of halogens is 1. The molecule has 0 amide bonds. The molecule has 1 aromatic heterocycles. The molecule has 1 rings (SSSR count). The molecule has 5 heteroatoms. The maximum absolute atomic E-state index is 11.3. The number of hydrogen-bond donors (Lipinski definition) is 1. The van der Waals surface area contributed by atoms with Crippen LogP contribution in [0.1, 0.15) is 12.5 Å². The van der Waals surface area contributed by atoms with Crippen molar-refractivity contribution in [2.24, 2.45) is 5.73 Å². The van der Waals surface area contributed by atoms with E-state index in [0.29, 0.717) is 18.1 Å². The van der Waals surface area contributed by atoms with Crippen LogP contribution in [0.15, 0.2) is 18.5 Å². The second kappa shape index (κ2) is 5.68. The number of carbonyl (C=O) groups excluding carboxylic acids is 1. The SMILES string of the molecule is CCOC(=O)C(N)Cc1ccncc1Cl. The molecule has 0 aliphatic carbocycles. The molecule has 1 heterocycles. The summed E-state index contributed by atoms with van der Waals surface area (Å²) in [6.07, 6.45) is 3.49. The largest absolute Gasteiger partial charge is 0.465 e. The van der Waals surface area contributed by atoms with Gasteiger partial charge < -0.3 is 10.5 Å². The van der Waals surface area contributed by atoms with Crippen molar-refractivity contribution in [3.63, 3.8) is 0 Å². The standard InChI is InChI=1S/C10H13ClN2O2/c1-2-15-10(14)9(12)5-7-3-4-13-6-8(7)11/h3-4,6,9H,2,5,12H2,1H3. The summed E-state index contributed by atoms with van der Waals surface area (Å²) in [7, 11) is 0. The van der Waals surface area contributed by atoms with E-state index in [1.54, 1.807) is 19.2 Å². The highest BCUT2D eigenvalue weighted by Crippen LogP contribution is 2.14. The normalized spacial score (nSPS) is 12.2. The van der Waals surface area contributed by atoms with E-state index in [9.17, 15) is 4.79 Å². The van der Waals surface area contributed by atoms with Gasteiger partial charge >= 0.3 is 5.97 Å². The van der Waals surface area contributed by atoms with Crippen molar-refractivity contribution in [1.29, 1.82) is 0 Å². The van der Waals surface area contributed by atoms with Crippen molar-refractivity contribution in [1.82, 2.24) is 4.98 Å². The molecule has 0 aliphatic heterocycles. The Balaban J connectivity index is 2.62. The van der Waals surface area contributed by atoms with Gasteiger partial charge in [-0.15, -0.1) is 0 Å². The van der Waals surface area contributed by atoms with Gasteiger partial charge in [0.1, 0.15) is 6.04 Å². The fraction of sp³-hybridized carbons (Fsp3) is 0.400. The molecule has 0 saturated carbocycles. The van der Waals surface area contributed by atoms with Crippen LogP contribution in [0.5, 0.6) is 0 Å². The molecule has 0 saturated heterocycles. The summed E-state index contributed by atoms with van der Waals surface area (Å²) in [4.78, 5) is 15.1. The van der Waals surface area contributed by atoms with Crippen LogP contribution in [-0.2, 0) is 16.0 Å². The van der Waals surface area contributed by atoms with Crippen molar-refractivity contribution in [2.45, 2.75) is 19.4 Å². The Morgan fingerprint density at radius 1 is 1.73 bits per heavy atom. The topological polar surface area (TPSA) is 65.2 Å². The summed E-state index contributed by atoms with van der Waals surface area (Å²) in [5.41, 5.74) is 6.45. The summed E-state index contributed by atoms with van der Waals surface area (Å²) < 4.78 is 4.79. The average molecular weight is 229 g/mol. The number of nitrogens with two attached hydrogens (primary N) is 1. The number of rotatable bonds is 4. The molecular weight excluding hydrogens is 216 g/mol. The number of aromatic nitrogens is 1. The predicted octanol–water partition coefficient (Wildman–Crippen LogP) is 1.17. The van der Waals surface area contributed by atoms with Crippen molar-refractivity contribution in [3.8, 4) is 0 Å². The first-order chi connectivity index (χ1) is 7.15. The highest BCUT2D eigenvalue weighted by Gasteiger charge is 2.16. The van der Waals surface area contributed by atoms with E-state index in [1.807, 2.05) is 0 Å². The summed E-state index contributed by atoms with van der Waals surface area (Å²) in [5.74, 6) is -0.412. The molecule has 0 aliphatic rings. The Morgan fingerprint density at radius 2 is 2.47 bits per heavy atom. The maximum Gasteiger partial charge on any atom is 0.323 e. The van der Waals surface area contributed by atoms with E-state index in [1.165, 1.54) is 6.20 Å². The molecule has 2 N–H and O–H groups in total. The van der Waals surface area contributed by atoms with Crippen molar-refractivity contribution in [2.75, 3.05) is 6.61 Å². The minimum absolute atomic E-state index is 0.330. The monoisotopic (exact) mass is 228 g/mol. The summed E-state index contributed by atoms with van der Waals surface area (Å²) in [6.45, 7) is 2.07. The molecule has 1 atom stereocenters. The third-order valence-electron chi connectivity index (χ3n) is 1.89. The number of nitrogens with zero attached hydrogens (tertiary/aromatic N) is 1. The molecule has 1 aromatic rings. The van der Waals surface area contributed by atoms with Gasteiger partial charge in [0.15, 0.2) is 0 Å². The van der Waals surface area contributed by atoms with Gasteiger partial charge in [-0.25, -0.2) is 0 Å². The zero-order chi connectivity index (χ0) is 11.3.